The van der Waals surface area contributed by atoms with Crippen LogP contribution in [0.2, 0.25) is 0 Å². The molecule has 1 N–H and O–H groups in total. The highest BCUT2D eigenvalue weighted by Crippen LogP contribution is 2.44. The number of rotatable bonds is 3. The van der Waals surface area contributed by atoms with Crippen molar-refractivity contribution in [3.63, 3.8) is 0 Å². The number of carbonyl (C=O) groups is 1. The Labute approximate surface area is 143 Å². The normalized spacial score (nSPS) is 17.9. The number of amides is 1. The van der Waals surface area contributed by atoms with Gasteiger partial charge in [0.15, 0.2) is 6.23 Å². The molecule has 25 heavy (non-hydrogen) atoms. The van der Waals surface area contributed by atoms with Gasteiger partial charge < -0.3 is 9.84 Å². The van der Waals surface area contributed by atoms with Crippen LogP contribution in [0.1, 0.15) is 18.1 Å². The van der Waals surface area contributed by atoms with E-state index in [1.54, 1.807) is 12.1 Å². The number of methoxy groups -OCH3 is 1. The van der Waals surface area contributed by atoms with E-state index in [1.807, 2.05) is 18.2 Å². The van der Waals surface area contributed by atoms with Crippen molar-refractivity contribution >= 4 is 28.6 Å². The van der Waals surface area contributed by atoms with Crippen LogP contribution in [0.3, 0.4) is 0 Å². The maximum atomic E-state index is 12.0. The van der Waals surface area contributed by atoms with E-state index < -0.39 is 11.2 Å². The van der Waals surface area contributed by atoms with E-state index in [0.717, 1.165) is 0 Å². The van der Waals surface area contributed by atoms with Crippen molar-refractivity contribution in [2.45, 2.75) is 13.2 Å². The van der Waals surface area contributed by atoms with Crippen molar-refractivity contribution in [1.82, 2.24) is 0 Å². The molecule has 2 aromatic carbocycles. The molecule has 1 atom stereocenters. The summed E-state index contributed by atoms with van der Waals surface area (Å²) < 4.78 is 5.49. The molecule has 1 amide bonds. The standard InChI is InChI=1S/C18H16N2O5/c1-11(21)19-15-9-8-13(20(23)24)10-14(15)16(18(19)22)17(25-2)12-6-4-3-5-7-12/h3-10,18,22H,1-2H3/b17-16+. The lowest BCUT2D eigenvalue weighted by atomic mass is 10.0. The second kappa shape index (κ2) is 6.37. The predicted octanol–water partition coefficient (Wildman–Crippen LogP) is 2.79. The van der Waals surface area contributed by atoms with Crippen LogP contribution in [0.25, 0.3) is 11.3 Å². The highest BCUT2D eigenvalue weighted by molar-refractivity contribution is 6.07. The molecular weight excluding hydrogens is 324 g/mol. The fourth-order valence-electron chi connectivity index (χ4n) is 3.02. The Morgan fingerprint density at radius 2 is 1.92 bits per heavy atom. The zero-order chi connectivity index (χ0) is 18.1. The predicted molar refractivity (Wildman–Crippen MR) is 92.5 cm³/mol. The van der Waals surface area contributed by atoms with Crippen molar-refractivity contribution < 1.29 is 19.6 Å². The maximum absolute atomic E-state index is 12.0. The molecule has 0 aliphatic carbocycles. The van der Waals surface area contributed by atoms with Gasteiger partial charge in [0.1, 0.15) is 5.76 Å². The third-order valence-electron chi connectivity index (χ3n) is 4.07. The summed E-state index contributed by atoms with van der Waals surface area (Å²) in [6.45, 7) is 1.33. The molecule has 128 valence electrons. The molecule has 0 radical (unpaired) electrons. The fourth-order valence-corrected chi connectivity index (χ4v) is 3.02. The van der Waals surface area contributed by atoms with Crippen LogP contribution in [0.4, 0.5) is 11.4 Å². The molecule has 0 aromatic heterocycles. The largest absolute Gasteiger partial charge is 0.496 e. The van der Waals surface area contributed by atoms with Crippen LogP contribution < -0.4 is 4.90 Å². The Bertz CT molecular complexity index is 876. The molecule has 1 aliphatic rings. The number of nitro groups is 1. The average molecular weight is 340 g/mol. The number of carbonyl (C=O) groups excluding carboxylic acids is 1. The average Bonchev–Trinajstić information content (AvgIpc) is 2.88. The minimum absolute atomic E-state index is 0.127. The molecule has 1 unspecified atom stereocenters. The summed E-state index contributed by atoms with van der Waals surface area (Å²) in [6, 6.07) is 13.2. The van der Waals surface area contributed by atoms with Crippen molar-refractivity contribution in [2.75, 3.05) is 12.0 Å². The number of benzene rings is 2. The summed E-state index contributed by atoms with van der Waals surface area (Å²) in [5, 5.41) is 21.9. The molecule has 2 aromatic rings. The van der Waals surface area contributed by atoms with E-state index in [4.69, 9.17) is 4.74 Å². The van der Waals surface area contributed by atoms with Crippen molar-refractivity contribution in [3.05, 3.63) is 69.8 Å². The third kappa shape index (κ3) is 2.74. The van der Waals surface area contributed by atoms with Gasteiger partial charge in [0, 0.05) is 30.2 Å². The Hall–Kier alpha value is -3.19. The van der Waals surface area contributed by atoms with E-state index in [1.165, 1.54) is 37.1 Å². The second-order valence-electron chi connectivity index (χ2n) is 5.53. The van der Waals surface area contributed by atoms with Gasteiger partial charge in [-0.1, -0.05) is 30.3 Å². The number of hydrogen-bond acceptors (Lipinski definition) is 5. The number of ether oxygens (including phenoxy) is 1. The van der Waals surface area contributed by atoms with Gasteiger partial charge in [-0.05, 0) is 6.07 Å². The van der Waals surface area contributed by atoms with E-state index >= 15 is 0 Å². The Balaban J connectivity index is 2.31. The summed E-state index contributed by atoms with van der Waals surface area (Å²) in [4.78, 5) is 23.8. The SMILES string of the molecule is CO/C(=C1\c2cc([N+](=O)[O-])ccc2N(C(C)=O)C1O)c1ccccc1. The van der Waals surface area contributed by atoms with Crippen LogP contribution in [-0.4, -0.2) is 29.3 Å². The van der Waals surface area contributed by atoms with Gasteiger partial charge in [0.25, 0.3) is 5.69 Å². The minimum atomic E-state index is -1.29. The Kier molecular flexibility index (Phi) is 4.24. The quantitative estimate of drug-likeness (QED) is 0.527. The second-order valence-corrected chi connectivity index (χ2v) is 5.53. The van der Waals surface area contributed by atoms with Gasteiger partial charge >= 0.3 is 0 Å². The zero-order valence-electron chi connectivity index (χ0n) is 13.7. The zero-order valence-corrected chi connectivity index (χ0v) is 13.7. The molecule has 0 saturated heterocycles. The third-order valence-corrected chi connectivity index (χ3v) is 4.07. The first-order valence-corrected chi connectivity index (χ1v) is 7.56. The lowest BCUT2D eigenvalue weighted by Gasteiger charge is -2.20. The maximum Gasteiger partial charge on any atom is 0.270 e. The fraction of sp³-hybridized carbons (Fsp3) is 0.167. The molecule has 3 rings (SSSR count). The molecule has 1 aliphatic heterocycles. The summed E-state index contributed by atoms with van der Waals surface area (Å²) >= 11 is 0. The number of hydrogen-bond donors (Lipinski definition) is 1. The van der Waals surface area contributed by atoms with Crippen LogP contribution in [-0.2, 0) is 9.53 Å². The van der Waals surface area contributed by atoms with Gasteiger partial charge in [-0.3, -0.25) is 19.8 Å². The van der Waals surface area contributed by atoms with E-state index in [-0.39, 0.29) is 11.6 Å². The first-order valence-electron chi connectivity index (χ1n) is 7.56. The first kappa shape index (κ1) is 16.7. The number of fused-ring (bicyclic) bond motifs is 1. The van der Waals surface area contributed by atoms with Gasteiger partial charge in [0.05, 0.1) is 23.3 Å². The topological polar surface area (TPSA) is 92.9 Å². The van der Waals surface area contributed by atoms with Crippen LogP contribution >= 0.6 is 0 Å². The van der Waals surface area contributed by atoms with Crippen LogP contribution in [0, 0.1) is 10.1 Å². The number of anilines is 1. The first-order chi connectivity index (χ1) is 12.0. The number of non-ortho nitro benzene ring substituents is 1. The Morgan fingerprint density at radius 1 is 1.24 bits per heavy atom. The van der Waals surface area contributed by atoms with Gasteiger partial charge in [-0.2, -0.15) is 0 Å². The number of aliphatic hydroxyl groups excluding tert-OH is 1. The molecular formula is C18H16N2O5. The van der Waals surface area contributed by atoms with Gasteiger partial charge in [-0.25, -0.2) is 0 Å². The lowest BCUT2D eigenvalue weighted by Crippen LogP contribution is -2.35. The number of nitro benzene ring substituents is 1. The monoisotopic (exact) mass is 340 g/mol. The molecule has 7 heteroatoms. The molecule has 0 fully saturated rings. The lowest BCUT2D eigenvalue weighted by molar-refractivity contribution is -0.384. The van der Waals surface area contributed by atoms with Crippen molar-refractivity contribution in [2.24, 2.45) is 0 Å². The van der Waals surface area contributed by atoms with Crippen molar-refractivity contribution in [3.8, 4) is 0 Å². The molecule has 0 spiro atoms. The minimum Gasteiger partial charge on any atom is -0.496 e. The summed E-state index contributed by atoms with van der Waals surface area (Å²) in [5.74, 6) is -0.0142. The molecule has 0 bridgehead atoms. The summed E-state index contributed by atoms with van der Waals surface area (Å²) in [5.41, 5.74) is 1.70. The highest BCUT2D eigenvalue weighted by Gasteiger charge is 2.39. The van der Waals surface area contributed by atoms with E-state index in [0.29, 0.717) is 28.1 Å². The Morgan fingerprint density at radius 3 is 2.48 bits per heavy atom. The summed E-state index contributed by atoms with van der Waals surface area (Å²) in [6.07, 6.45) is -1.29. The number of aliphatic hydroxyl groups is 1. The van der Waals surface area contributed by atoms with Crippen molar-refractivity contribution in [1.29, 1.82) is 0 Å². The molecule has 1 heterocycles. The van der Waals surface area contributed by atoms with Gasteiger partial charge in [0.2, 0.25) is 5.91 Å². The van der Waals surface area contributed by atoms with Gasteiger partial charge in [-0.15, -0.1) is 0 Å². The smallest absolute Gasteiger partial charge is 0.270 e. The summed E-state index contributed by atoms with van der Waals surface area (Å²) in [7, 11) is 1.45. The highest BCUT2D eigenvalue weighted by atomic mass is 16.6. The molecule has 0 saturated carbocycles. The molecule has 7 nitrogen and oxygen atoms in total. The number of nitrogens with zero attached hydrogens (tertiary/aromatic N) is 2. The van der Waals surface area contributed by atoms with E-state index in [2.05, 4.69) is 0 Å². The van der Waals surface area contributed by atoms with Crippen LogP contribution in [0.15, 0.2) is 48.5 Å². The van der Waals surface area contributed by atoms with Crippen LogP contribution in [0.5, 0.6) is 0 Å². The van der Waals surface area contributed by atoms with E-state index in [9.17, 15) is 20.0 Å².